The van der Waals surface area contributed by atoms with Gasteiger partial charge in [0.15, 0.2) is 18.3 Å². The number of amides is 1. The van der Waals surface area contributed by atoms with E-state index in [4.69, 9.17) is 4.42 Å². The normalized spacial score (nSPS) is 11.9. The van der Waals surface area contributed by atoms with Crippen LogP contribution >= 0.6 is 0 Å². The van der Waals surface area contributed by atoms with Gasteiger partial charge in [-0.05, 0) is 43.2 Å². The molecule has 3 rings (SSSR count). The fraction of sp³-hybridized carbons (Fsp3) is 0.190. The Morgan fingerprint density at radius 2 is 1.84 bits per heavy atom. The van der Waals surface area contributed by atoms with Crippen molar-refractivity contribution >= 4 is 11.6 Å². The van der Waals surface area contributed by atoms with Gasteiger partial charge in [-0.15, -0.1) is 0 Å². The minimum absolute atomic E-state index is 0.0267. The van der Waals surface area contributed by atoms with Crippen molar-refractivity contribution in [1.82, 2.24) is 0 Å². The SMILES string of the molecule is Cc1cccc(NC(=O)C[NH2+][C@@H](c2ccccc2)c2ccco2)c1C. The molecule has 0 fully saturated rings. The van der Waals surface area contributed by atoms with Gasteiger partial charge in [0.2, 0.25) is 0 Å². The van der Waals surface area contributed by atoms with Crippen LogP contribution in [-0.2, 0) is 4.79 Å². The quantitative estimate of drug-likeness (QED) is 0.727. The van der Waals surface area contributed by atoms with E-state index in [1.165, 1.54) is 5.56 Å². The van der Waals surface area contributed by atoms with E-state index in [0.717, 1.165) is 22.6 Å². The van der Waals surface area contributed by atoms with Crippen molar-refractivity contribution in [1.29, 1.82) is 0 Å². The van der Waals surface area contributed by atoms with Gasteiger partial charge in [0.05, 0.1) is 6.26 Å². The van der Waals surface area contributed by atoms with Crippen LogP contribution in [0.2, 0.25) is 0 Å². The van der Waals surface area contributed by atoms with Crippen molar-refractivity contribution in [3.8, 4) is 0 Å². The van der Waals surface area contributed by atoms with Gasteiger partial charge in [0, 0.05) is 11.3 Å². The van der Waals surface area contributed by atoms with Crippen molar-refractivity contribution in [2.75, 3.05) is 11.9 Å². The summed E-state index contributed by atoms with van der Waals surface area (Å²) in [6, 6.07) is 19.8. The van der Waals surface area contributed by atoms with Crippen molar-refractivity contribution in [3.63, 3.8) is 0 Å². The summed E-state index contributed by atoms with van der Waals surface area (Å²) in [4.78, 5) is 12.4. The van der Waals surface area contributed by atoms with Gasteiger partial charge in [-0.3, -0.25) is 4.79 Å². The second-order valence-corrected chi connectivity index (χ2v) is 6.14. The second-order valence-electron chi connectivity index (χ2n) is 6.14. The van der Waals surface area contributed by atoms with Gasteiger partial charge >= 0.3 is 0 Å². The molecule has 1 aromatic heterocycles. The second kappa shape index (κ2) is 7.81. The third-order valence-electron chi connectivity index (χ3n) is 4.43. The molecule has 4 nitrogen and oxygen atoms in total. The van der Waals surface area contributed by atoms with E-state index >= 15 is 0 Å². The molecule has 0 aliphatic heterocycles. The first-order valence-electron chi connectivity index (χ1n) is 8.43. The highest BCUT2D eigenvalue weighted by molar-refractivity contribution is 5.92. The molecule has 2 aromatic carbocycles. The fourth-order valence-electron chi connectivity index (χ4n) is 2.86. The van der Waals surface area contributed by atoms with Gasteiger partial charge in [-0.2, -0.15) is 0 Å². The Morgan fingerprint density at radius 1 is 1.04 bits per heavy atom. The van der Waals surface area contributed by atoms with Crippen LogP contribution in [0.5, 0.6) is 0 Å². The lowest BCUT2D eigenvalue weighted by atomic mass is 10.0. The number of hydrogen-bond donors (Lipinski definition) is 2. The molecule has 0 spiro atoms. The monoisotopic (exact) mass is 335 g/mol. The zero-order chi connectivity index (χ0) is 17.6. The van der Waals surface area contributed by atoms with Gasteiger partial charge < -0.3 is 15.1 Å². The lowest BCUT2D eigenvalue weighted by molar-refractivity contribution is -0.678. The van der Waals surface area contributed by atoms with Crippen molar-refractivity contribution in [3.05, 3.63) is 89.4 Å². The summed E-state index contributed by atoms with van der Waals surface area (Å²) >= 11 is 0. The molecule has 1 heterocycles. The molecule has 0 aliphatic carbocycles. The largest absolute Gasteiger partial charge is 0.463 e. The molecule has 4 heteroatoms. The molecule has 3 N–H and O–H groups in total. The first kappa shape index (κ1) is 17.0. The van der Waals surface area contributed by atoms with Crippen LogP contribution in [-0.4, -0.2) is 12.5 Å². The van der Waals surface area contributed by atoms with Gasteiger partial charge in [0.25, 0.3) is 5.91 Å². The molecule has 0 saturated carbocycles. The number of nitrogens with one attached hydrogen (secondary N) is 1. The minimum Gasteiger partial charge on any atom is -0.463 e. The fourth-order valence-corrected chi connectivity index (χ4v) is 2.86. The molecule has 1 atom stereocenters. The molecular formula is C21H23N2O2+. The molecule has 0 radical (unpaired) electrons. The molecule has 0 unspecified atom stereocenters. The molecule has 0 saturated heterocycles. The van der Waals surface area contributed by atoms with Crippen LogP contribution < -0.4 is 10.6 Å². The highest BCUT2D eigenvalue weighted by Gasteiger charge is 2.21. The van der Waals surface area contributed by atoms with Crippen LogP contribution in [0.4, 0.5) is 5.69 Å². The van der Waals surface area contributed by atoms with E-state index < -0.39 is 0 Å². The van der Waals surface area contributed by atoms with Crippen molar-refractivity contribution in [2.24, 2.45) is 0 Å². The van der Waals surface area contributed by atoms with Crippen LogP contribution in [0.25, 0.3) is 0 Å². The Bertz CT molecular complexity index is 826. The first-order chi connectivity index (χ1) is 12.1. The third-order valence-corrected chi connectivity index (χ3v) is 4.43. The molecule has 0 bridgehead atoms. The lowest BCUT2D eigenvalue weighted by Crippen LogP contribution is -2.87. The Kier molecular flexibility index (Phi) is 5.31. The maximum atomic E-state index is 12.4. The topological polar surface area (TPSA) is 58.9 Å². The van der Waals surface area contributed by atoms with Crippen LogP contribution in [0.1, 0.15) is 28.5 Å². The van der Waals surface area contributed by atoms with E-state index in [0.29, 0.717) is 6.54 Å². The number of aryl methyl sites for hydroxylation is 1. The van der Waals surface area contributed by atoms with Gasteiger partial charge in [-0.25, -0.2) is 0 Å². The molecule has 1 amide bonds. The van der Waals surface area contributed by atoms with Crippen LogP contribution in [0, 0.1) is 13.8 Å². The first-order valence-corrected chi connectivity index (χ1v) is 8.43. The van der Waals surface area contributed by atoms with E-state index in [-0.39, 0.29) is 11.9 Å². The predicted octanol–water partition coefficient (Wildman–Crippen LogP) is 3.19. The minimum atomic E-state index is -0.0412. The summed E-state index contributed by atoms with van der Waals surface area (Å²) in [6.07, 6.45) is 1.66. The summed E-state index contributed by atoms with van der Waals surface area (Å²) in [5, 5.41) is 5.00. The number of carbonyl (C=O) groups is 1. The number of nitrogens with two attached hydrogens (primary N) is 1. The number of carbonyl (C=O) groups excluding carboxylic acids is 1. The molecule has 128 valence electrons. The zero-order valence-corrected chi connectivity index (χ0v) is 14.5. The zero-order valence-electron chi connectivity index (χ0n) is 14.5. The van der Waals surface area contributed by atoms with Crippen molar-refractivity contribution in [2.45, 2.75) is 19.9 Å². The Hall–Kier alpha value is -2.85. The average Bonchev–Trinajstić information content (AvgIpc) is 3.14. The van der Waals surface area contributed by atoms with E-state index in [1.807, 2.05) is 79.8 Å². The van der Waals surface area contributed by atoms with E-state index in [1.54, 1.807) is 6.26 Å². The van der Waals surface area contributed by atoms with E-state index in [9.17, 15) is 4.79 Å². The summed E-state index contributed by atoms with van der Waals surface area (Å²) in [5.74, 6) is 0.812. The summed E-state index contributed by atoms with van der Waals surface area (Å²) < 4.78 is 5.57. The third kappa shape index (κ3) is 4.17. The smallest absolute Gasteiger partial charge is 0.279 e. The maximum Gasteiger partial charge on any atom is 0.279 e. The van der Waals surface area contributed by atoms with Crippen LogP contribution in [0.3, 0.4) is 0 Å². The number of benzene rings is 2. The lowest BCUT2D eigenvalue weighted by Gasteiger charge is -2.14. The Balaban J connectivity index is 1.69. The molecule has 25 heavy (non-hydrogen) atoms. The van der Waals surface area contributed by atoms with Gasteiger partial charge in [-0.1, -0.05) is 42.5 Å². The number of furan rings is 1. The average molecular weight is 335 g/mol. The van der Waals surface area contributed by atoms with E-state index in [2.05, 4.69) is 5.32 Å². The number of anilines is 1. The standard InChI is InChI=1S/C21H22N2O2/c1-15-8-6-11-18(16(15)2)23-20(24)14-22-21(19-12-7-13-25-19)17-9-4-3-5-10-17/h3-13,21-22H,14H2,1-2H3,(H,23,24)/p+1/t21-/m0/s1. The maximum absolute atomic E-state index is 12.4. The number of rotatable bonds is 6. The summed E-state index contributed by atoms with van der Waals surface area (Å²) in [7, 11) is 0. The number of quaternary nitrogens is 1. The number of hydrogen-bond acceptors (Lipinski definition) is 2. The van der Waals surface area contributed by atoms with Crippen LogP contribution in [0.15, 0.2) is 71.3 Å². The highest BCUT2D eigenvalue weighted by atomic mass is 16.3. The highest BCUT2D eigenvalue weighted by Crippen LogP contribution is 2.19. The predicted molar refractivity (Wildman–Crippen MR) is 98.3 cm³/mol. The summed E-state index contributed by atoms with van der Waals surface area (Å²) in [6.45, 7) is 4.37. The van der Waals surface area contributed by atoms with Gasteiger partial charge in [0.1, 0.15) is 0 Å². The van der Waals surface area contributed by atoms with Crippen molar-refractivity contribution < 1.29 is 14.5 Å². The molecular weight excluding hydrogens is 312 g/mol. The Labute approximate surface area is 147 Å². The summed E-state index contributed by atoms with van der Waals surface area (Å²) in [5.41, 5.74) is 4.24. The Morgan fingerprint density at radius 3 is 2.56 bits per heavy atom. The molecule has 3 aromatic rings. The molecule has 0 aliphatic rings.